The summed E-state index contributed by atoms with van der Waals surface area (Å²) in [6, 6.07) is 11.4. The molecule has 1 aromatic carbocycles. The monoisotopic (exact) mass is 249 g/mol. The molecule has 0 amide bonds. The van der Waals surface area contributed by atoms with E-state index in [2.05, 4.69) is 49.5 Å². The molecule has 102 valence electrons. The second-order valence-corrected chi connectivity index (χ2v) is 4.98. The summed E-state index contributed by atoms with van der Waals surface area (Å²) in [6.45, 7) is 5.24. The summed E-state index contributed by atoms with van der Waals surface area (Å²) >= 11 is 0. The summed E-state index contributed by atoms with van der Waals surface area (Å²) in [7, 11) is 1.76. The van der Waals surface area contributed by atoms with Crippen molar-refractivity contribution < 1.29 is 4.74 Å². The fraction of sp³-hybridized carbons (Fsp3) is 0.625. The molecule has 1 aromatic rings. The Labute approximate surface area is 112 Å². The van der Waals surface area contributed by atoms with Crippen molar-refractivity contribution >= 4 is 0 Å². The Morgan fingerprint density at radius 2 is 1.89 bits per heavy atom. The third kappa shape index (κ3) is 5.65. The predicted molar refractivity (Wildman–Crippen MR) is 77.8 cm³/mol. The van der Waals surface area contributed by atoms with Gasteiger partial charge in [-0.3, -0.25) is 0 Å². The second kappa shape index (κ2) is 9.12. The molecule has 0 bridgehead atoms. The van der Waals surface area contributed by atoms with Crippen molar-refractivity contribution in [2.24, 2.45) is 0 Å². The molecule has 0 spiro atoms. The molecule has 2 unspecified atom stereocenters. The Morgan fingerprint density at radius 1 is 1.17 bits per heavy atom. The Hall–Kier alpha value is -0.860. The van der Waals surface area contributed by atoms with Gasteiger partial charge < -0.3 is 10.1 Å². The van der Waals surface area contributed by atoms with Crippen molar-refractivity contribution in [3.63, 3.8) is 0 Å². The summed E-state index contributed by atoms with van der Waals surface area (Å²) in [5.74, 6) is 0. The summed E-state index contributed by atoms with van der Waals surface area (Å²) in [5.41, 5.74) is 1.31. The lowest BCUT2D eigenvalue weighted by atomic mass is 10.0. The van der Waals surface area contributed by atoms with Gasteiger partial charge in [-0.1, -0.05) is 56.5 Å². The number of hydrogen-bond donors (Lipinski definition) is 1. The largest absolute Gasteiger partial charge is 0.383 e. The maximum Gasteiger partial charge on any atom is 0.0657 e. The summed E-state index contributed by atoms with van der Waals surface area (Å²) in [6.07, 6.45) is 5.15. The zero-order valence-corrected chi connectivity index (χ0v) is 12.0. The average Bonchev–Trinajstić information content (AvgIpc) is 2.39. The molecule has 2 heteroatoms. The van der Waals surface area contributed by atoms with Crippen LogP contribution in [0.15, 0.2) is 30.3 Å². The number of hydrogen-bond acceptors (Lipinski definition) is 2. The third-order valence-corrected chi connectivity index (χ3v) is 3.26. The van der Waals surface area contributed by atoms with Crippen LogP contribution in [-0.4, -0.2) is 19.8 Å². The van der Waals surface area contributed by atoms with Gasteiger partial charge in [0, 0.05) is 13.2 Å². The minimum atomic E-state index is 0.299. The number of unbranched alkanes of at least 4 members (excludes halogenated alkanes) is 2. The molecule has 1 rings (SSSR count). The first-order valence-corrected chi connectivity index (χ1v) is 7.07. The van der Waals surface area contributed by atoms with E-state index in [-0.39, 0.29) is 0 Å². The van der Waals surface area contributed by atoms with E-state index in [1.807, 2.05) is 0 Å². The lowest BCUT2D eigenvalue weighted by Gasteiger charge is -2.23. The molecule has 0 aliphatic carbocycles. The molecule has 18 heavy (non-hydrogen) atoms. The molecule has 0 fully saturated rings. The van der Waals surface area contributed by atoms with E-state index in [9.17, 15) is 0 Å². The number of methoxy groups -OCH3 is 1. The molecular formula is C16H27NO. The highest BCUT2D eigenvalue weighted by atomic mass is 16.5. The van der Waals surface area contributed by atoms with Gasteiger partial charge in [0.25, 0.3) is 0 Å². The first kappa shape index (κ1) is 15.2. The van der Waals surface area contributed by atoms with Crippen LogP contribution in [0.4, 0.5) is 0 Å². The average molecular weight is 249 g/mol. The van der Waals surface area contributed by atoms with E-state index >= 15 is 0 Å². The zero-order valence-electron chi connectivity index (χ0n) is 12.0. The van der Waals surface area contributed by atoms with E-state index in [4.69, 9.17) is 4.74 Å². The van der Waals surface area contributed by atoms with Gasteiger partial charge in [0.15, 0.2) is 0 Å². The maximum absolute atomic E-state index is 5.32. The molecule has 1 N–H and O–H groups in total. The fourth-order valence-electron chi connectivity index (χ4n) is 2.22. The highest BCUT2D eigenvalue weighted by molar-refractivity contribution is 5.19. The number of nitrogens with one attached hydrogen (secondary N) is 1. The normalized spacial score (nSPS) is 14.4. The zero-order chi connectivity index (χ0) is 13.2. The van der Waals surface area contributed by atoms with Crippen molar-refractivity contribution in [2.75, 3.05) is 13.7 Å². The van der Waals surface area contributed by atoms with Crippen molar-refractivity contribution in [2.45, 2.75) is 51.6 Å². The lowest BCUT2D eigenvalue weighted by molar-refractivity contribution is 0.161. The van der Waals surface area contributed by atoms with Crippen LogP contribution in [0.5, 0.6) is 0 Å². The molecule has 0 aromatic heterocycles. The highest BCUT2D eigenvalue weighted by Crippen LogP contribution is 2.15. The smallest absolute Gasteiger partial charge is 0.0657 e. The van der Waals surface area contributed by atoms with Gasteiger partial charge in [-0.15, -0.1) is 0 Å². The molecular weight excluding hydrogens is 222 g/mol. The Morgan fingerprint density at radius 3 is 2.50 bits per heavy atom. The van der Waals surface area contributed by atoms with E-state index in [1.165, 1.54) is 31.2 Å². The molecule has 0 aliphatic rings. The van der Waals surface area contributed by atoms with Crippen molar-refractivity contribution in [3.8, 4) is 0 Å². The number of benzene rings is 1. The van der Waals surface area contributed by atoms with Crippen LogP contribution in [0.1, 0.15) is 51.1 Å². The number of rotatable bonds is 9. The van der Waals surface area contributed by atoms with E-state index in [0.29, 0.717) is 12.1 Å². The number of ether oxygens (including phenoxy) is 1. The van der Waals surface area contributed by atoms with Gasteiger partial charge >= 0.3 is 0 Å². The summed E-state index contributed by atoms with van der Waals surface area (Å²) < 4.78 is 5.32. The standard InChI is InChI=1S/C16H27NO/c1-4-5-7-10-14(2)17-16(13-18-3)15-11-8-6-9-12-15/h6,8-9,11-12,14,16-17H,4-5,7,10,13H2,1-3H3. The van der Waals surface area contributed by atoms with Gasteiger partial charge in [0.05, 0.1) is 12.6 Å². The fourth-order valence-corrected chi connectivity index (χ4v) is 2.22. The van der Waals surface area contributed by atoms with Crippen LogP contribution in [0, 0.1) is 0 Å². The lowest BCUT2D eigenvalue weighted by Crippen LogP contribution is -2.33. The molecule has 0 saturated carbocycles. The molecule has 2 nitrogen and oxygen atoms in total. The first-order chi connectivity index (χ1) is 8.77. The topological polar surface area (TPSA) is 21.3 Å². The Kier molecular flexibility index (Phi) is 7.70. The molecule has 2 atom stereocenters. The minimum absolute atomic E-state index is 0.299. The first-order valence-electron chi connectivity index (χ1n) is 7.07. The SMILES string of the molecule is CCCCCC(C)NC(COC)c1ccccc1. The molecule has 0 heterocycles. The van der Waals surface area contributed by atoms with Crippen LogP contribution < -0.4 is 5.32 Å². The highest BCUT2D eigenvalue weighted by Gasteiger charge is 2.13. The second-order valence-electron chi connectivity index (χ2n) is 4.98. The van der Waals surface area contributed by atoms with E-state index < -0.39 is 0 Å². The molecule has 0 radical (unpaired) electrons. The van der Waals surface area contributed by atoms with E-state index in [1.54, 1.807) is 7.11 Å². The van der Waals surface area contributed by atoms with Gasteiger partial charge in [0.2, 0.25) is 0 Å². The van der Waals surface area contributed by atoms with Gasteiger partial charge in [-0.25, -0.2) is 0 Å². The van der Waals surface area contributed by atoms with Crippen molar-refractivity contribution in [1.29, 1.82) is 0 Å². The summed E-state index contributed by atoms with van der Waals surface area (Å²) in [4.78, 5) is 0. The van der Waals surface area contributed by atoms with Crippen LogP contribution in [0.3, 0.4) is 0 Å². The maximum atomic E-state index is 5.32. The van der Waals surface area contributed by atoms with Crippen LogP contribution in [-0.2, 0) is 4.74 Å². The van der Waals surface area contributed by atoms with Crippen LogP contribution in [0.25, 0.3) is 0 Å². The van der Waals surface area contributed by atoms with Crippen LogP contribution in [0.2, 0.25) is 0 Å². The van der Waals surface area contributed by atoms with E-state index in [0.717, 1.165) is 6.61 Å². The van der Waals surface area contributed by atoms with Gasteiger partial charge in [-0.2, -0.15) is 0 Å². The molecule has 0 aliphatic heterocycles. The van der Waals surface area contributed by atoms with Crippen molar-refractivity contribution in [1.82, 2.24) is 5.32 Å². The van der Waals surface area contributed by atoms with Gasteiger partial charge in [-0.05, 0) is 18.9 Å². The minimum Gasteiger partial charge on any atom is -0.383 e. The van der Waals surface area contributed by atoms with Crippen LogP contribution >= 0.6 is 0 Å². The quantitative estimate of drug-likeness (QED) is 0.669. The predicted octanol–water partition coefficient (Wildman–Crippen LogP) is 3.93. The third-order valence-electron chi connectivity index (χ3n) is 3.26. The Balaban J connectivity index is 2.47. The van der Waals surface area contributed by atoms with Crippen molar-refractivity contribution in [3.05, 3.63) is 35.9 Å². The molecule has 0 saturated heterocycles. The van der Waals surface area contributed by atoms with Gasteiger partial charge in [0.1, 0.15) is 0 Å². The summed E-state index contributed by atoms with van der Waals surface area (Å²) in [5, 5.41) is 3.67. The Bertz CT molecular complexity index is 299.